The molecule has 0 amide bonds. The summed E-state index contributed by atoms with van der Waals surface area (Å²) < 4.78 is 36.7. The molecule has 2 heterocycles. The van der Waals surface area contributed by atoms with Crippen molar-refractivity contribution in [1.82, 2.24) is 20.2 Å². The van der Waals surface area contributed by atoms with Crippen LogP contribution < -0.4 is 15.4 Å². The van der Waals surface area contributed by atoms with Gasteiger partial charge in [0.25, 0.3) is 0 Å². The highest BCUT2D eigenvalue weighted by atomic mass is 32.2. The Hall–Kier alpha value is -3.76. The number of benzene rings is 2. The molecule has 1 fully saturated rings. The third-order valence-electron chi connectivity index (χ3n) is 6.53. The van der Waals surface area contributed by atoms with E-state index in [1.54, 1.807) is 30.6 Å². The molecule has 3 N–H and O–H groups in total. The molecule has 0 spiro atoms. The first-order chi connectivity index (χ1) is 17.3. The van der Waals surface area contributed by atoms with Crippen molar-refractivity contribution in [2.75, 3.05) is 31.1 Å². The Morgan fingerprint density at radius 1 is 1.08 bits per heavy atom. The van der Waals surface area contributed by atoms with Gasteiger partial charge in [-0.3, -0.25) is 0 Å². The highest BCUT2D eigenvalue weighted by molar-refractivity contribution is 7.89. The molecule has 5 rings (SSSR count). The number of nitrogens with two attached hydrogens (primary N) is 1. The standard InChI is InChI=1S/C26H27FN6O2S/c1-18(29-16-19-5-7-22(27)8-6-19)32-9-11-33(12-10-32)26-24-14-21(15-25(24)30-17-31-26)20-3-2-4-23(13-20)36(28,34)35/h2-8,13-14,17,29H,1,9-12,15-16H2,(H2,28,34,35). The van der Waals surface area contributed by atoms with Crippen LogP contribution in [0.1, 0.15) is 22.4 Å². The van der Waals surface area contributed by atoms with Crippen molar-refractivity contribution < 1.29 is 12.8 Å². The number of piperazine rings is 1. The van der Waals surface area contributed by atoms with Crippen molar-refractivity contribution in [3.63, 3.8) is 0 Å². The van der Waals surface area contributed by atoms with Crippen molar-refractivity contribution >= 4 is 27.5 Å². The molecule has 0 atom stereocenters. The second-order valence-corrected chi connectivity index (χ2v) is 10.4. The number of allylic oxidation sites excluding steroid dienone is 1. The van der Waals surface area contributed by atoms with Gasteiger partial charge in [-0.25, -0.2) is 27.9 Å². The number of rotatable bonds is 7. The van der Waals surface area contributed by atoms with E-state index in [2.05, 4.69) is 31.7 Å². The van der Waals surface area contributed by atoms with Crippen molar-refractivity contribution in [3.8, 4) is 0 Å². The van der Waals surface area contributed by atoms with E-state index in [-0.39, 0.29) is 10.7 Å². The van der Waals surface area contributed by atoms with Gasteiger partial charge < -0.3 is 15.1 Å². The number of halogens is 1. The fourth-order valence-corrected chi connectivity index (χ4v) is 5.09. The van der Waals surface area contributed by atoms with Gasteiger partial charge in [-0.1, -0.05) is 30.8 Å². The smallest absolute Gasteiger partial charge is 0.238 e. The number of hydrogen-bond acceptors (Lipinski definition) is 7. The summed E-state index contributed by atoms with van der Waals surface area (Å²) in [4.78, 5) is 13.6. The summed E-state index contributed by atoms with van der Waals surface area (Å²) in [6.45, 7) is 7.85. The molecule has 0 radical (unpaired) electrons. The average Bonchev–Trinajstić information content (AvgIpc) is 3.33. The van der Waals surface area contributed by atoms with Gasteiger partial charge in [0.2, 0.25) is 10.0 Å². The fraction of sp³-hybridized carbons (Fsp3) is 0.231. The number of aromatic nitrogens is 2. The molecule has 2 aromatic carbocycles. The number of primary sulfonamides is 1. The van der Waals surface area contributed by atoms with E-state index < -0.39 is 10.0 Å². The summed E-state index contributed by atoms with van der Waals surface area (Å²) in [5.41, 5.74) is 4.66. The predicted molar refractivity (Wildman–Crippen MR) is 138 cm³/mol. The Labute approximate surface area is 210 Å². The molecular weight excluding hydrogens is 479 g/mol. The minimum Gasteiger partial charge on any atom is -0.368 e. The first kappa shape index (κ1) is 24.0. The molecule has 186 valence electrons. The van der Waals surface area contributed by atoms with Crippen LogP contribution in [-0.4, -0.2) is 49.5 Å². The first-order valence-corrected chi connectivity index (χ1v) is 13.2. The Bertz CT molecular complexity index is 1430. The van der Waals surface area contributed by atoms with Crippen molar-refractivity contribution in [2.24, 2.45) is 5.14 Å². The zero-order valence-electron chi connectivity index (χ0n) is 19.7. The van der Waals surface area contributed by atoms with E-state index in [1.807, 2.05) is 12.1 Å². The third kappa shape index (κ3) is 5.09. The normalized spacial score (nSPS) is 15.4. The number of anilines is 1. The van der Waals surface area contributed by atoms with Crippen molar-refractivity contribution in [1.29, 1.82) is 0 Å². The maximum absolute atomic E-state index is 13.1. The third-order valence-corrected chi connectivity index (χ3v) is 7.44. The van der Waals surface area contributed by atoms with Gasteiger partial charge in [0, 0.05) is 44.7 Å². The topological polar surface area (TPSA) is 104 Å². The van der Waals surface area contributed by atoms with Crippen LogP contribution in [0.15, 0.2) is 72.2 Å². The van der Waals surface area contributed by atoms with Gasteiger partial charge in [0.1, 0.15) is 18.0 Å². The Kier molecular flexibility index (Phi) is 6.46. The predicted octanol–water partition coefficient (Wildman–Crippen LogP) is 2.74. The van der Waals surface area contributed by atoms with E-state index in [9.17, 15) is 12.8 Å². The Morgan fingerprint density at radius 3 is 2.56 bits per heavy atom. The maximum atomic E-state index is 13.1. The molecule has 1 aliphatic carbocycles. The minimum absolute atomic E-state index is 0.0903. The summed E-state index contributed by atoms with van der Waals surface area (Å²) in [7, 11) is -3.78. The molecule has 0 saturated carbocycles. The number of sulfonamides is 1. The lowest BCUT2D eigenvalue weighted by molar-refractivity contribution is 0.300. The van der Waals surface area contributed by atoms with Crippen LogP contribution in [0.25, 0.3) is 11.6 Å². The maximum Gasteiger partial charge on any atom is 0.238 e. The quantitative estimate of drug-likeness (QED) is 0.508. The van der Waals surface area contributed by atoms with Crippen LogP contribution >= 0.6 is 0 Å². The second-order valence-electron chi connectivity index (χ2n) is 8.88. The molecule has 1 aromatic heterocycles. The summed E-state index contributed by atoms with van der Waals surface area (Å²) in [5.74, 6) is 1.47. The van der Waals surface area contributed by atoms with Crippen LogP contribution in [0.2, 0.25) is 0 Å². The molecule has 2 aliphatic rings. The molecule has 1 aliphatic heterocycles. The molecular formula is C26H27FN6O2S. The van der Waals surface area contributed by atoms with Crippen LogP contribution in [-0.2, 0) is 23.0 Å². The fourth-order valence-electron chi connectivity index (χ4n) is 4.53. The zero-order chi connectivity index (χ0) is 25.3. The Balaban J connectivity index is 1.25. The molecule has 1 saturated heterocycles. The molecule has 0 unspecified atom stereocenters. The van der Waals surface area contributed by atoms with Gasteiger partial charge in [-0.15, -0.1) is 0 Å². The molecule has 8 nitrogen and oxygen atoms in total. The van der Waals surface area contributed by atoms with E-state index >= 15 is 0 Å². The molecule has 3 aromatic rings. The van der Waals surface area contributed by atoms with Gasteiger partial charge in [0.15, 0.2) is 0 Å². The van der Waals surface area contributed by atoms with Crippen LogP contribution in [0, 0.1) is 5.82 Å². The molecule has 36 heavy (non-hydrogen) atoms. The van der Waals surface area contributed by atoms with E-state index in [1.165, 1.54) is 18.2 Å². The largest absolute Gasteiger partial charge is 0.368 e. The van der Waals surface area contributed by atoms with Crippen LogP contribution in [0.4, 0.5) is 10.2 Å². The summed E-state index contributed by atoms with van der Waals surface area (Å²) >= 11 is 0. The highest BCUT2D eigenvalue weighted by Gasteiger charge is 2.26. The monoisotopic (exact) mass is 506 g/mol. The van der Waals surface area contributed by atoms with Crippen molar-refractivity contribution in [2.45, 2.75) is 17.9 Å². The van der Waals surface area contributed by atoms with Crippen molar-refractivity contribution in [3.05, 3.63) is 95.5 Å². The first-order valence-electron chi connectivity index (χ1n) is 11.6. The lowest BCUT2D eigenvalue weighted by atomic mass is 10.1. The van der Waals surface area contributed by atoms with Gasteiger partial charge >= 0.3 is 0 Å². The molecule has 10 heteroatoms. The SMILES string of the molecule is C=C(NCc1ccc(F)cc1)N1CCN(c2ncnc3c2C=C(c2cccc(S(N)(=O)=O)c2)C3)CC1. The van der Waals surface area contributed by atoms with Gasteiger partial charge in [0.05, 0.1) is 16.4 Å². The van der Waals surface area contributed by atoms with Gasteiger partial charge in [-0.2, -0.15) is 0 Å². The van der Waals surface area contributed by atoms with E-state index in [0.29, 0.717) is 13.0 Å². The lowest BCUT2D eigenvalue weighted by Crippen LogP contribution is -2.48. The summed E-state index contributed by atoms with van der Waals surface area (Å²) in [5, 5.41) is 8.64. The number of fused-ring (bicyclic) bond motifs is 1. The van der Waals surface area contributed by atoms with Crippen LogP contribution in [0.5, 0.6) is 0 Å². The molecule has 0 bridgehead atoms. The van der Waals surface area contributed by atoms with E-state index in [4.69, 9.17) is 5.14 Å². The Morgan fingerprint density at radius 2 is 1.83 bits per heavy atom. The van der Waals surface area contributed by atoms with Gasteiger partial charge in [-0.05, 0) is 47.0 Å². The van der Waals surface area contributed by atoms with Crippen LogP contribution in [0.3, 0.4) is 0 Å². The number of nitrogens with one attached hydrogen (secondary N) is 1. The highest BCUT2D eigenvalue weighted by Crippen LogP contribution is 2.35. The minimum atomic E-state index is -3.78. The average molecular weight is 507 g/mol. The zero-order valence-corrected chi connectivity index (χ0v) is 20.5. The number of hydrogen-bond donors (Lipinski definition) is 2. The lowest BCUT2D eigenvalue weighted by Gasteiger charge is -2.38. The summed E-state index contributed by atoms with van der Waals surface area (Å²) in [6, 6.07) is 13.1. The second kappa shape index (κ2) is 9.71. The number of nitrogens with zero attached hydrogens (tertiary/aromatic N) is 4. The van der Waals surface area contributed by atoms with E-state index in [0.717, 1.165) is 65.8 Å². The summed E-state index contributed by atoms with van der Waals surface area (Å²) in [6.07, 6.45) is 4.23.